The number of rotatable bonds is 2. The lowest BCUT2D eigenvalue weighted by Gasteiger charge is -2.10. The van der Waals surface area contributed by atoms with E-state index in [1.807, 2.05) is 6.92 Å². The first-order valence-electron chi connectivity index (χ1n) is 5.15. The molecule has 2 rings (SSSR count). The van der Waals surface area contributed by atoms with Crippen LogP contribution in [-0.4, -0.2) is 0 Å². The largest absolute Gasteiger partial charge is 0.351 e. The Morgan fingerprint density at radius 2 is 1.44 bits per heavy atom. The van der Waals surface area contributed by atoms with Crippen molar-refractivity contribution in [1.29, 1.82) is 0 Å². The molecule has 5 heteroatoms. The second-order valence-corrected chi connectivity index (χ2v) is 3.83. The molecule has 2 aromatic carbocycles. The van der Waals surface area contributed by atoms with E-state index in [0.717, 1.165) is 5.56 Å². The van der Waals surface area contributed by atoms with Crippen LogP contribution in [-0.2, 0) is 0 Å². The Labute approximate surface area is 101 Å². The summed E-state index contributed by atoms with van der Waals surface area (Å²) in [5.41, 5.74) is 0.633. The van der Waals surface area contributed by atoms with Crippen molar-refractivity contribution in [2.75, 3.05) is 5.32 Å². The Kier molecular flexibility index (Phi) is 3.23. The summed E-state index contributed by atoms with van der Waals surface area (Å²) in [6.45, 7) is 1.85. The highest BCUT2D eigenvalue weighted by molar-refractivity contribution is 5.61. The van der Waals surface area contributed by atoms with Crippen LogP contribution in [0.25, 0.3) is 0 Å². The normalized spacial score (nSPS) is 10.5. The fraction of sp³-hybridized carbons (Fsp3) is 0.0769. The van der Waals surface area contributed by atoms with Gasteiger partial charge in [-0.2, -0.15) is 0 Å². The fourth-order valence-corrected chi connectivity index (χ4v) is 1.46. The van der Waals surface area contributed by atoms with Gasteiger partial charge in [0.05, 0.1) is 0 Å². The lowest BCUT2D eigenvalue weighted by molar-refractivity contribution is 0.438. The summed E-state index contributed by atoms with van der Waals surface area (Å²) < 4.78 is 52.4. The van der Waals surface area contributed by atoms with Crippen molar-refractivity contribution in [2.45, 2.75) is 6.92 Å². The molecule has 2 aromatic rings. The number of hydrogen-bond acceptors (Lipinski definition) is 1. The summed E-state index contributed by atoms with van der Waals surface area (Å²) in [5, 5.41) is 2.38. The average Bonchev–Trinajstić information content (AvgIpc) is 2.34. The zero-order chi connectivity index (χ0) is 13.3. The van der Waals surface area contributed by atoms with Crippen LogP contribution in [0.15, 0.2) is 30.3 Å². The Balaban J connectivity index is 2.40. The van der Waals surface area contributed by atoms with E-state index >= 15 is 0 Å². The zero-order valence-corrected chi connectivity index (χ0v) is 9.40. The van der Waals surface area contributed by atoms with Crippen LogP contribution in [0.2, 0.25) is 0 Å². The quantitative estimate of drug-likeness (QED) is 0.479. The third-order valence-corrected chi connectivity index (χ3v) is 2.44. The number of halogens is 4. The summed E-state index contributed by atoms with van der Waals surface area (Å²) in [6, 6.07) is 6.90. The predicted octanol–water partition coefficient (Wildman–Crippen LogP) is 4.30. The summed E-state index contributed by atoms with van der Waals surface area (Å²) in [7, 11) is 0. The minimum atomic E-state index is -1.70. The van der Waals surface area contributed by atoms with E-state index in [-0.39, 0.29) is 0 Å². The standard InChI is InChI=1S/C13H9F4N/c1-7-2-4-8(5-3-7)18-13-10(15)6-9(14)11(16)12(13)17/h2-6,18H,1H3. The van der Waals surface area contributed by atoms with Crippen molar-refractivity contribution < 1.29 is 17.6 Å². The van der Waals surface area contributed by atoms with Crippen molar-refractivity contribution in [3.8, 4) is 0 Å². The lowest BCUT2D eigenvalue weighted by Crippen LogP contribution is -2.02. The van der Waals surface area contributed by atoms with Gasteiger partial charge in [0.1, 0.15) is 5.69 Å². The molecule has 0 radical (unpaired) electrons. The van der Waals surface area contributed by atoms with Gasteiger partial charge in [-0.1, -0.05) is 17.7 Å². The van der Waals surface area contributed by atoms with Crippen molar-refractivity contribution in [2.24, 2.45) is 0 Å². The summed E-state index contributed by atoms with van der Waals surface area (Å²) in [6.07, 6.45) is 0. The van der Waals surface area contributed by atoms with Crippen molar-refractivity contribution in [1.82, 2.24) is 0 Å². The first-order valence-corrected chi connectivity index (χ1v) is 5.15. The third kappa shape index (κ3) is 2.30. The van der Waals surface area contributed by atoms with Gasteiger partial charge in [0.2, 0.25) is 0 Å². The number of nitrogens with one attached hydrogen (secondary N) is 1. The summed E-state index contributed by atoms with van der Waals surface area (Å²) in [5.74, 6) is -6.02. The monoisotopic (exact) mass is 255 g/mol. The van der Waals surface area contributed by atoms with Gasteiger partial charge in [0.15, 0.2) is 23.3 Å². The SMILES string of the molecule is Cc1ccc(Nc2c(F)cc(F)c(F)c2F)cc1. The van der Waals surface area contributed by atoms with Gasteiger partial charge in [0.25, 0.3) is 0 Å². The first kappa shape index (κ1) is 12.4. The molecule has 94 valence electrons. The molecular formula is C13H9F4N. The smallest absolute Gasteiger partial charge is 0.196 e. The minimum absolute atomic E-state index is 0.301. The van der Waals surface area contributed by atoms with Crippen molar-refractivity contribution in [3.63, 3.8) is 0 Å². The molecule has 0 aliphatic heterocycles. The highest BCUT2D eigenvalue weighted by atomic mass is 19.2. The van der Waals surface area contributed by atoms with Gasteiger partial charge in [-0.25, -0.2) is 17.6 Å². The molecule has 0 bridgehead atoms. The zero-order valence-electron chi connectivity index (χ0n) is 9.40. The molecule has 0 saturated heterocycles. The van der Waals surface area contributed by atoms with Gasteiger partial charge in [0, 0.05) is 11.8 Å². The maximum atomic E-state index is 13.4. The van der Waals surface area contributed by atoms with Gasteiger partial charge >= 0.3 is 0 Å². The molecule has 0 heterocycles. The molecule has 0 aliphatic rings. The Hall–Kier alpha value is -2.04. The Morgan fingerprint density at radius 1 is 0.833 bits per heavy atom. The van der Waals surface area contributed by atoms with Crippen LogP contribution in [0.3, 0.4) is 0 Å². The van der Waals surface area contributed by atoms with Gasteiger partial charge < -0.3 is 5.32 Å². The van der Waals surface area contributed by atoms with Crippen molar-refractivity contribution >= 4 is 11.4 Å². The molecular weight excluding hydrogens is 246 g/mol. The number of benzene rings is 2. The third-order valence-electron chi connectivity index (χ3n) is 2.44. The van der Waals surface area contributed by atoms with Crippen LogP contribution in [0.1, 0.15) is 5.56 Å². The topological polar surface area (TPSA) is 12.0 Å². The molecule has 0 unspecified atom stereocenters. The molecule has 0 atom stereocenters. The highest BCUT2D eigenvalue weighted by Gasteiger charge is 2.18. The second kappa shape index (κ2) is 4.68. The van der Waals surface area contributed by atoms with E-state index in [0.29, 0.717) is 11.8 Å². The molecule has 1 N–H and O–H groups in total. The fourth-order valence-electron chi connectivity index (χ4n) is 1.46. The van der Waals surface area contributed by atoms with Crippen molar-refractivity contribution in [3.05, 3.63) is 59.2 Å². The van der Waals surface area contributed by atoms with E-state index in [2.05, 4.69) is 5.32 Å². The molecule has 0 spiro atoms. The Morgan fingerprint density at radius 3 is 2.06 bits per heavy atom. The molecule has 1 nitrogen and oxygen atoms in total. The van der Waals surface area contributed by atoms with E-state index in [1.54, 1.807) is 24.3 Å². The molecule has 0 amide bonds. The maximum absolute atomic E-state index is 13.4. The molecule has 0 fully saturated rings. The summed E-state index contributed by atoms with van der Waals surface area (Å²) in [4.78, 5) is 0. The van der Waals surface area contributed by atoms with Crippen LogP contribution in [0, 0.1) is 30.2 Å². The van der Waals surface area contributed by atoms with Crippen LogP contribution in [0.4, 0.5) is 28.9 Å². The Bertz CT molecular complexity index is 579. The summed E-state index contributed by atoms with van der Waals surface area (Å²) >= 11 is 0. The van der Waals surface area contributed by atoms with Crippen LogP contribution >= 0.6 is 0 Å². The van der Waals surface area contributed by atoms with Gasteiger partial charge in [-0.15, -0.1) is 0 Å². The molecule has 18 heavy (non-hydrogen) atoms. The minimum Gasteiger partial charge on any atom is -0.351 e. The maximum Gasteiger partial charge on any atom is 0.196 e. The van der Waals surface area contributed by atoms with E-state index in [4.69, 9.17) is 0 Å². The molecule has 0 aromatic heterocycles. The second-order valence-electron chi connectivity index (χ2n) is 3.83. The van der Waals surface area contributed by atoms with Gasteiger partial charge in [-0.3, -0.25) is 0 Å². The van der Waals surface area contributed by atoms with E-state index < -0.39 is 29.0 Å². The van der Waals surface area contributed by atoms with Crippen LogP contribution in [0.5, 0.6) is 0 Å². The molecule has 0 aliphatic carbocycles. The van der Waals surface area contributed by atoms with Gasteiger partial charge in [-0.05, 0) is 19.1 Å². The lowest BCUT2D eigenvalue weighted by atomic mass is 10.2. The number of hydrogen-bond donors (Lipinski definition) is 1. The van der Waals surface area contributed by atoms with E-state index in [9.17, 15) is 17.6 Å². The highest BCUT2D eigenvalue weighted by Crippen LogP contribution is 2.27. The van der Waals surface area contributed by atoms with Crippen LogP contribution < -0.4 is 5.32 Å². The van der Waals surface area contributed by atoms with E-state index in [1.165, 1.54) is 0 Å². The number of anilines is 2. The number of aryl methyl sites for hydroxylation is 1. The average molecular weight is 255 g/mol. The first-order chi connectivity index (χ1) is 8.49. The predicted molar refractivity (Wildman–Crippen MR) is 60.7 cm³/mol. The molecule has 0 saturated carbocycles.